The molecule has 0 aromatic rings. The van der Waals surface area contributed by atoms with E-state index in [-0.39, 0.29) is 12.5 Å². The van der Waals surface area contributed by atoms with Crippen molar-refractivity contribution in [3.05, 3.63) is 0 Å². The minimum absolute atomic E-state index is 0.225. The molecule has 0 radical (unpaired) electrons. The van der Waals surface area contributed by atoms with Crippen LogP contribution in [-0.4, -0.2) is 28.3 Å². The normalized spacial score (nSPS) is 17.9. The van der Waals surface area contributed by atoms with E-state index in [0.717, 1.165) is 0 Å². The molecule has 0 heterocycles. The average molecular weight is 203 g/mol. The van der Waals surface area contributed by atoms with Crippen molar-refractivity contribution in [3.63, 3.8) is 0 Å². The molecular weight excluding hydrogens is 182 g/mol. The predicted molar refractivity (Wildman–Crippen MR) is 54.9 cm³/mol. The number of aliphatic carboxylic acids is 1. The number of aliphatic hydroxyl groups excluding tert-OH is 1. The van der Waals surface area contributed by atoms with Gasteiger partial charge in [0.25, 0.3) is 0 Å². The van der Waals surface area contributed by atoms with Gasteiger partial charge < -0.3 is 15.9 Å². The van der Waals surface area contributed by atoms with E-state index in [1.54, 1.807) is 6.92 Å². The number of rotatable bonds is 6. The Labute approximate surface area is 85.1 Å². The maximum absolute atomic E-state index is 10.5. The number of carboxylic acid groups (broad SMARTS) is 1. The summed E-state index contributed by atoms with van der Waals surface area (Å²) in [7, 11) is 0. The molecule has 0 amide bonds. The van der Waals surface area contributed by atoms with Crippen LogP contribution in [0.2, 0.25) is 0 Å². The van der Waals surface area contributed by atoms with Gasteiger partial charge in [-0.15, -0.1) is 0 Å². The molecular formula is C10H21NO3. The van der Waals surface area contributed by atoms with Gasteiger partial charge in [-0.25, -0.2) is 0 Å². The first kappa shape index (κ1) is 13.4. The minimum atomic E-state index is -0.888. The van der Waals surface area contributed by atoms with Crippen LogP contribution in [0.3, 0.4) is 0 Å². The van der Waals surface area contributed by atoms with Gasteiger partial charge in [-0.1, -0.05) is 20.8 Å². The number of carbonyl (C=O) groups is 1. The van der Waals surface area contributed by atoms with Crippen molar-refractivity contribution in [2.45, 2.75) is 45.8 Å². The van der Waals surface area contributed by atoms with Crippen LogP contribution < -0.4 is 5.73 Å². The Kier molecular flexibility index (Phi) is 5.72. The van der Waals surface area contributed by atoms with Crippen LogP contribution in [0.1, 0.15) is 33.6 Å². The van der Waals surface area contributed by atoms with Crippen LogP contribution in [0.25, 0.3) is 0 Å². The van der Waals surface area contributed by atoms with Crippen molar-refractivity contribution < 1.29 is 15.0 Å². The molecule has 4 N–H and O–H groups in total. The molecule has 0 aliphatic heterocycles. The lowest BCUT2D eigenvalue weighted by Crippen LogP contribution is -2.37. The lowest BCUT2D eigenvalue weighted by atomic mass is 9.94. The lowest BCUT2D eigenvalue weighted by molar-refractivity contribution is -0.142. The molecule has 0 aliphatic carbocycles. The van der Waals surface area contributed by atoms with E-state index in [0.29, 0.717) is 12.3 Å². The fraction of sp³-hybridized carbons (Fsp3) is 0.900. The number of carboxylic acids is 1. The Morgan fingerprint density at radius 2 is 1.79 bits per heavy atom. The second-order valence-electron chi connectivity index (χ2n) is 4.34. The fourth-order valence-electron chi connectivity index (χ4n) is 1.34. The SMILES string of the molecule is CC(C)C[C@H](N)[C@@H](O)CC(C)C(=O)O. The summed E-state index contributed by atoms with van der Waals surface area (Å²) in [5.74, 6) is -1.01. The first-order valence-electron chi connectivity index (χ1n) is 5.01. The molecule has 14 heavy (non-hydrogen) atoms. The molecule has 0 bridgehead atoms. The van der Waals surface area contributed by atoms with Crippen molar-refractivity contribution in [1.29, 1.82) is 0 Å². The standard InChI is InChI=1S/C10H21NO3/c1-6(2)4-8(11)9(12)5-7(3)10(13)14/h6-9,12H,4-5,11H2,1-3H3,(H,13,14)/t7?,8-,9-/m0/s1. The molecule has 0 aliphatic rings. The molecule has 0 fully saturated rings. The summed E-state index contributed by atoms with van der Waals surface area (Å²) in [5, 5.41) is 18.2. The number of nitrogens with two attached hydrogens (primary N) is 1. The van der Waals surface area contributed by atoms with Crippen molar-refractivity contribution in [2.24, 2.45) is 17.6 Å². The Balaban J connectivity index is 3.94. The van der Waals surface area contributed by atoms with Gasteiger partial charge in [0.1, 0.15) is 0 Å². The van der Waals surface area contributed by atoms with Gasteiger partial charge >= 0.3 is 5.97 Å². The van der Waals surface area contributed by atoms with E-state index in [1.807, 2.05) is 13.8 Å². The smallest absolute Gasteiger partial charge is 0.306 e. The quantitative estimate of drug-likeness (QED) is 0.597. The summed E-state index contributed by atoms with van der Waals surface area (Å²) in [6.45, 7) is 5.62. The molecule has 4 heteroatoms. The molecule has 0 saturated heterocycles. The van der Waals surface area contributed by atoms with Gasteiger partial charge in [-0.3, -0.25) is 4.79 Å². The highest BCUT2D eigenvalue weighted by molar-refractivity contribution is 5.69. The van der Waals surface area contributed by atoms with Crippen LogP contribution in [0.5, 0.6) is 0 Å². The number of hydrogen-bond acceptors (Lipinski definition) is 3. The van der Waals surface area contributed by atoms with Crippen LogP contribution in [0.4, 0.5) is 0 Å². The molecule has 0 rings (SSSR count). The molecule has 84 valence electrons. The summed E-state index contributed by atoms with van der Waals surface area (Å²) in [6, 6.07) is -0.322. The lowest BCUT2D eigenvalue weighted by Gasteiger charge is -2.21. The largest absolute Gasteiger partial charge is 0.481 e. The Morgan fingerprint density at radius 1 is 1.29 bits per heavy atom. The van der Waals surface area contributed by atoms with Gasteiger partial charge in [-0.2, -0.15) is 0 Å². The zero-order chi connectivity index (χ0) is 11.3. The molecule has 0 aromatic heterocycles. The van der Waals surface area contributed by atoms with E-state index < -0.39 is 18.0 Å². The van der Waals surface area contributed by atoms with Gasteiger partial charge in [0.15, 0.2) is 0 Å². The monoisotopic (exact) mass is 203 g/mol. The Morgan fingerprint density at radius 3 is 2.14 bits per heavy atom. The van der Waals surface area contributed by atoms with E-state index >= 15 is 0 Å². The van der Waals surface area contributed by atoms with E-state index in [9.17, 15) is 9.90 Å². The van der Waals surface area contributed by atoms with Gasteiger partial charge in [0.05, 0.1) is 12.0 Å². The van der Waals surface area contributed by atoms with Crippen LogP contribution in [0, 0.1) is 11.8 Å². The summed E-state index contributed by atoms with van der Waals surface area (Å²) in [6.07, 6.45) is 0.222. The van der Waals surface area contributed by atoms with Gasteiger partial charge in [0.2, 0.25) is 0 Å². The highest BCUT2D eigenvalue weighted by Crippen LogP contribution is 2.13. The number of hydrogen-bond donors (Lipinski definition) is 3. The van der Waals surface area contributed by atoms with Crippen molar-refractivity contribution in [1.82, 2.24) is 0 Å². The minimum Gasteiger partial charge on any atom is -0.481 e. The predicted octanol–water partition coefficient (Wildman–Crippen LogP) is 0.832. The fourth-order valence-corrected chi connectivity index (χ4v) is 1.34. The van der Waals surface area contributed by atoms with Crippen LogP contribution in [-0.2, 0) is 4.79 Å². The second kappa shape index (κ2) is 5.98. The van der Waals surface area contributed by atoms with Crippen molar-refractivity contribution in [3.8, 4) is 0 Å². The Hall–Kier alpha value is -0.610. The highest BCUT2D eigenvalue weighted by Gasteiger charge is 2.21. The number of aliphatic hydroxyl groups is 1. The maximum Gasteiger partial charge on any atom is 0.306 e. The summed E-state index contributed by atoms with van der Waals surface area (Å²) < 4.78 is 0. The maximum atomic E-state index is 10.5. The van der Waals surface area contributed by atoms with Crippen LogP contribution in [0.15, 0.2) is 0 Å². The molecule has 4 nitrogen and oxygen atoms in total. The van der Waals surface area contributed by atoms with E-state index in [2.05, 4.69) is 0 Å². The molecule has 0 spiro atoms. The van der Waals surface area contributed by atoms with Gasteiger partial charge in [-0.05, 0) is 18.8 Å². The first-order chi connectivity index (χ1) is 6.34. The third-order valence-corrected chi connectivity index (χ3v) is 2.25. The first-order valence-corrected chi connectivity index (χ1v) is 5.01. The van der Waals surface area contributed by atoms with E-state index in [1.165, 1.54) is 0 Å². The average Bonchev–Trinajstić information content (AvgIpc) is 2.02. The topological polar surface area (TPSA) is 83.5 Å². The van der Waals surface area contributed by atoms with Crippen LogP contribution >= 0.6 is 0 Å². The summed E-state index contributed by atoms with van der Waals surface area (Å²) in [5.41, 5.74) is 5.72. The molecule has 0 saturated carbocycles. The second-order valence-corrected chi connectivity index (χ2v) is 4.34. The third kappa shape index (κ3) is 5.19. The Bertz CT molecular complexity index is 182. The molecule has 0 aromatic carbocycles. The molecule has 1 unspecified atom stereocenters. The van der Waals surface area contributed by atoms with Gasteiger partial charge in [0, 0.05) is 6.04 Å². The summed E-state index contributed by atoms with van der Waals surface area (Å²) >= 11 is 0. The van der Waals surface area contributed by atoms with E-state index in [4.69, 9.17) is 10.8 Å². The highest BCUT2D eigenvalue weighted by atomic mass is 16.4. The zero-order valence-electron chi connectivity index (χ0n) is 9.10. The third-order valence-electron chi connectivity index (χ3n) is 2.25. The summed E-state index contributed by atoms with van der Waals surface area (Å²) in [4.78, 5) is 10.5. The van der Waals surface area contributed by atoms with Crippen molar-refractivity contribution in [2.75, 3.05) is 0 Å². The zero-order valence-corrected chi connectivity index (χ0v) is 9.10. The van der Waals surface area contributed by atoms with Crippen molar-refractivity contribution >= 4 is 5.97 Å². The molecule has 3 atom stereocenters.